The molecule has 0 saturated heterocycles. The molecule has 3 nitrogen and oxygen atoms in total. The average Bonchev–Trinajstić information content (AvgIpc) is 2.30. The highest BCUT2D eigenvalue weighted by Crippen LogP contribution is 2.27. The first-order valence-electron chi connectivity index (χ1n) is 7.18. The summed E-state index contributed by atoms with van der Waals surface area (Å²) in [6.45, 7) is 8.82. The van der Waals surface area contributed by atoms with Gasteiger partial charge in [-0.05, 0) is 33.6 Å². The van der Waals surface area contributed by atoms with Crippen LogP contribution in [0.1, 0.15) is 59.3 Å². The summed E-state index contributed by atoms with van der Waals surface area (Å²) in [5.41, 5.74) is 0.348. The Labute approximate surface area is 106 Å². The van der Waals surface area contributed by atoms with Gasteiger partial charge >= 0.3 is 0 Å². The summed E-state index contributed by atoms with van der Waals surface area (Å²) in [6.07, 6.45) is 7.65. The van der Waals surface area contributed by atoms with E-state index in [0.29, 0.717) is 5.54 Å². The van der Waals surface area contributed by atoms with Crippen molar-refractivity contribution in [2.24, 2.45) is 0 Å². The monoisotopic (exact) mass is 243 g/mol. The fourth-order valence-corrected chi connectivity index (χ4v) is 2.59. The molecule has 1 aliphatic carbocycles. The fraction of sp³-hybridized carbons (Fsp3) is 1.00. The lowest BCUT2D eigenvalue weighted by Crippen LogP contribution is -2.45. The summed E-state index contributed by atoms with van der Waals surface area (Å²) in [7, 11) is 0. The molecular weight excluding hydrogens is 214 g/mol. The van der Waals surface area contributed by atoms with Crippen LogP contribution in [0, 0.1) is 0 Å². The minimum Gasteiger partial charge on any atom is -0.353 e. The molecule has 1 saturated carbocycles. The number of hydrogen-bond acceptors (Lipinski definition) is 3. The smallest absolute Gasteiger partial charge is 0.158 e. The largest absolute Gasteiger partial charge is 0.353 e. The van der Waals surface area contributed by atoms with Crippen LogP contribution in [0.5, 0.6) is 0 Å². The lowest BCUT2D eigenvalue weighted by Gasteiger charge is -2.35. The maximum atomic E-state index is 5.54. The SMILES string of the molecule is CCOC(CCNC1(C)CCCCC1)OCC. The van der Waals surface area contributed by atoms with Crippen molar-refractivity contribution >= 4 is 0 Å². The third-order valence-corrected chi connectivity index (χ3v) is 3.59. The van der Waals surface area contributed by atoms with Crippen LogP contribution in [0.15, 0.2) is 0 Å². The number of nitrogens with one attached hydrogen (secondary N) is 1. The van der Waals surface area contributed by atoms with Crippen molar-refractivity contribution in [3.8, 4) is 0 Å². The first-order valence-corrected chi connectivity index (χ1v) is 7.18. The van der Waals surface area contributed by atoms with Crippen LogP contribution in [0.25, 0.3) is 0 Å². The van der Waals surface area contributed by atoms with Crippen molar-refractivity contribution in [3.05, 3.63) is 0 Å². The lowest BCUT2D eigenvalue weighted by molar-refractivity contribution is -0.139. The molecule has 0 atom stereocenters. The van der Waals surface area contributed by atoms with Crippen LogP contribution in [0.4, 0.5) is 0 Å². The van der Waals surface area contributed by atoms with Crippen LogP contribution in [-0.4, -0.2) is 31.6 Å². The highest BCUT2D eigenvalue weighted by molar-refractivity contribution is 4.85. The first-order chi connectivity index (χ1) is 8.20. The zero-order valence-corrected chi connectivity index (χ0v) is 11.8. The van der Waals surface area contributed by atoms with E-state index in [4.69, 9.17) is 9.47 Å². The Morgan fingerprint density at radius 2 is 1.65 bits per heavy atom. The highest BCUT2D eigenvalue weighted by Gasteiger charge is 2.25. The Hall–Kier alpha value is -0.120. The number of ether oxygens (including phenoxy) is 2. The molecule has 0 aromatic heterocycles. The third-order valence-electron chi connectivity index (χ3n) is 3.59. The molecule has 0 unspecified atom stereocenters. The van der Waals surface area contributed by atoms with E-state index in [1.54, 1.807) is 0 Å². The van der Waals surface area contributed by atoms with Gasteiger partial charge in [-0.25, -0.2) is 0 Å². The molecule has 0 aromatic carbocycles. The van der Waals surface area contributed by atoms with Crippen molar-refractivity contribution in [2.75, 3.05) is 19.8 Å². The maximum Gasteiger partial charge on any atom is 0.158 e. The summed E-state index contributed by atoms with van der Waals surface area (Å²) in [5.74, 6) is 0. The van der Waals surface area contributed by atoms with Gasteiger partial charge in [0.05, 0.1) is 0 Å². The molecule has 0 heterocycles. The molecule has 0 amide bonds. The van der Waals surface area contributed by atoms with Gasteiger partial charge in [-0.2, -0.15) is 0 Å². The highest BCUT2D eigenvalue weighted by atomic mass is 16.7. The third kappa shape index (κ3) is 5.84. The van der Waals surface area contributed by atoms with Crippen LogP contribution in [0.2, 0.25) is 0 Å². The summed E-state index contributed by atoms with van der Waals surface area (Å²) >= 11 is 0. The molecule has 0 aromatic rings. The molecule has 0 spiro atoms. The Kier molecular flexibility index (Phi) is 7.09. The van der Waals surface area contributed by atoms with Gasteiger partial charge in [0.15, 0.2) is 6.29 Å². The van der Waals surface area contributed by atoms with Gasteiger partial charge in [0.1, 0.15) is 0 Å². The molecular formula is C14H29NO2. The minimum atomic E-state index is -0.0373. The normalized spacial score (nSPS) is 19.8. The van der Waals surface area contributed by atoms with Crippen LogP contribution < -0.4 is 5.32 Å². The first kappa shape index (κ1) is 14.9. The molecule has 102 valence electrons. The quantitative estimate of drug-likeness (QED) is 0.665. The molecule has 0 bridgehead atoms. The molecule has 1 N–H and O–H groups in total. The molecule has 0 radical (unpaired) electrons. The number of rotatable bonds is 8. The van der Waals surface area contributed by atoms with Crippen molar-refractivity contribution in [1.82, 2.24) is 5.32 Å². The Morgan fingerprint density at radius 1 is 1.06 bits per heavy atom. The van der Waals surface area contributed by atoms with Crippen LogP contribution >= 0.6 is 0 Å². The number of hydrogen-bond donors (Lipinski definition) is 1. The van der Waals surface area contributed by atoms with E-state index in [2.05, 4.69) is 12.2 Å². The molecule has 1 rings (SSSR count). The van der Waals surface area contributed by atoms with Crippen molar-refractivity contribution in [1.29, 1.82) is 0 Å². The van der Waals surface area contributed by atoms with Crippen molar-refractivity contribution in [2.45, 2.75) is 71.1 Å². The zero-order chi connectivity index (χ0) is 12.6. The topological polar surface area (TPSA) is 30.5 Å². The predicted molar refractivity (Wildman–Crippen MR) is 71.1 cm³/mol. The lowest BCUT2D eigenvalue weighted by atomic mass is 9.83. The van der Waals surface area contributed by atoms with Crippen molar-refractivity contribution < 1.29 is 9.47 Å². The summed E-state index contributed by atoms with van der Waals surface area (Å²) in [6, 6.07) is 0. The van der Waals surface area contributed by atoms with E-state index in [1.165, 1.54) is 32.1 Å². The van der Waals surface area contributed by atoms with E-state index >= 15 is 0 Å². The molecule has 3 heteroatoms. The van der Waals surface area contributed by atoms with Gasteiger partial charge in [-0.1, -0.05) is 19.3 Å². The van der Waals surface area contributed by atoms with Gasteiger partial charge in [-0.15, -0.1) is 0 Å². The molecule has 17 heavy (non-hydrogen) atoms. The Balaban J connectivity index is 2.19. The van der Waals surface area contributed by atoms with E-state index in [-0.39, 0.29) is 6.29 Å². The standard InChI is InChI=1S/C14H29NO2/c1-4-16-13(17-5-2)9-12-15-14(3)10-7-6-8-11-14/h13,15H,4-12H2,1-3H3. The van der Waals surface area contributed by atoms with Gasteiger partial charge in [0.25, 0.3) is 0 Å². The Morgan fingerprint density at radius 3 is 2.18 bits per heavy atom. The van der Waals surface area contributed by atoms with E-state index in [0.717, 1.165) is 26.2 Å². The van der Waals surface area contributed by atoms with E-state index in [9.17, 15) is 0 Å². The molecule has 1 aliphatic rings. The van der Waals surface area contributed by atoms with Crippen LogP contribution in [-0.2, 0) is 9.47 Å². The van der Waals surface area contributed by atoms with Gasteiger partial charge in [-0.3, -0.25) is 0 Å². The van der Waals surface area contributed by atoms with Crippen molar-refractivity contribution in [3.63, 3.8) is 0 Å². The van der Waals surface area contributed by atoms with Gasteiger partial charge in [0.2, 0.25) is 0 Å². The average molecular weight is 243 g/mol. The zero-order valence-electron chi connectivity index (χ0n) is 11.8. The second-order valence-electron chi connectivity index (χ2n) is 5.18. The van der Waals surface area contributed by atoms with E-state index < -0.39 is 0 Å². The predicted octanol–water partition coefficient (Wildman–Crippen LogP) is 3.09. The van der Waals surface area contributed by atoms with Crippen LogP contribution in [0.3, 0.4) is 0 Å². The summed E-state index contributed by atoms with van der Waals surface area (Å²) < 4.78 is 11.1. The van der Waals surface area contributed by atoms with Gasteiger partial charge < -0.3 is 14.8 Å². The summed E-state index contributed by atoms with van der Waals surface area (Å²) in [4.78, 5) is 0. The van der Waals surface area contributed by atoms with E-state index in [1.807, 2.05) is 13.8 Å². The second kappa shape index (κ2) is 8.06. The summed E-state index contributed by atoms with van der Waals surface area (Å²) in [5, 5.41) is 3.69. The minimum absolute atomic E-state index is 0.0373. The van der Waals surface area contributed by atoms with Gasteiger partial charge in [0, 0.05) is 31.7 Å². The second-order valence-corrected chi connectivity index (χ2v) is 5.18. The molecule has 1 fully saturated rings. The fourth-order valence-electron chi connectivity index (χ4n) is 2.59. The molecule has 0 aliphatic heterocycles. The Bertz CT molecular complexity index is 185. The maximum absolute atomic E-state index is 5.54.